The molecule has 0 unspecified atom stereocenters. The fourth-order valence-corrected chi connectivity index (χ4v) is 3.14. The number of alkyl halides is 3. The number of ketones is 1. The van der Waals surface area contributed by atoms with Crippen molar-refractivity contribution in [3.8, 4) is 11.3 Å². The van der Waals surface area contributed by atoms with Crippen molar-refractivity contribution in [2.45, 2.75) is 12.7 Å². The molecule has 0 saturated heterocycles. The number of aromatic nitrogens is 3. The number of carbonyl (C=O) groups excluding carboxylic acids is 1. The van der Waals surface area contributed by atoms with E-state index in [4.69, 9.17) is 0 Å². The summed E-state index contributed by atoms with van der Waals surface area (Å²) in [5.41, 5.74) is 1.56. The summed E-state index contributed by atoms with van der Waals surface area (Å²) in [5, 5.41) is 8.36. The zero-order chi connectivity index (χ0) is 21.1. The lowest BCUT2D eigenvalue weighted by Crippen LogP contribution is -2.14. The van der Waals surface area contributed by atoms with E-state index >= 15 is 0 Å². The molecule has 0 aliphatic carbocycles. The maximum atomic E-state index is 13.3. The highest BCUT2D eigenvalue weighted by molar-refractivity contribution is 6.11. The van der Waals surface area contributed by atoms with E-state index in [1.165, 1.54) is 16.8 Å². The van der Waals surface area contributed by atoms with Crippen molar-refractivity contribution in [2.75, 3.05) is 0 Å². The number of halogens is 3. The van der Waals surface area contributed by atoms with Crippen LogP contribution in [0.3, 0.4) is 0 Å². The molecule has 3 aromatic carbocycles. The Hall–Kier alpha value is -3.74. The summed E-state index contributed by atoms with van der Waals surface area (Å²) in [4.78, 5) is 13.3. The number of rotatable bonds is 5. The smallest absolute Gasteiger partial charge is 0.287 e. The van der Waals surface area contributed by atoms with Gasteiger partial charge in [-0.3, -0.25) is 4.79 Å². The van der Waals surface area contributed by atoms with Crippen LogP contribution in [0, 0.1) is 0 Å². The Balaban J connectivity index is 1.77. The minimum atomic E-state index is -4.46. The van der Waals surface area contributed by atoms with Gasteiger partial charge < -0.3 is 0 Å². The molecule has 0 radical (unpaired) electrons. The summed E-state index contributed by atoms with van der Waals surface area (Å²) in [6.45, 7) is 0.308. The second-order valence-electron chi connectivity index (χ2n) is 6.70. The molecule has 0 amide bonds. The summed E-state index contributed by atoms with van der Waals surface area (Å²) in [5.74, 6) is -0.441. The maximum absolute atomic E-state index is 13.3. The predicted molar refractivity (Wildman–Crippen MR) is 106 cm³/mol. The van der Waals surface area contributed by atoms with Crippen molar-refractivity contribution < 1.29 is 18.0 Å². The van der Waals surface area contributed by atoms with Crippen LogP contribution >= 0.6 is 0 Å². The average Bonchev–Trinajstić information content (AvgIpc) is 3.17. The molecule has 1 heterocycles. The highest BCUT2D eigenvalue weighted by atomic mass is 19.4. The largest absolute Gasteiger partial charge is 0.416 e. The highest BCUT2D eigenvalue weighted by Crippen LogP contribution is 2.30. The van der Waals surface area contributed by atoms with Crippen molar-refractivity contribution in [2.24, 2.45) is 0 Å². The number of hydrogen-bond donors (Lipinski definition) is 0. The Bertz CT molecular complexity index is 1150. The van der Waals surface area contributed by atoms with Gasteiger partial charge in [-0.1, -0.05) is 78.0 Å². The molecule has 7 heteroatoms. The molecule has 0 atom stereocenters. The second kappa shape index (κ2) is 7.94. The van der Waals surface area contributed by atoms with Gasteiger partial charge in [0.1, 0.15) is 11.4 Å². The van der Waals surface area contributed by atoms with Crippen molar-refractivity contribution in [1.82, 2.24) is 15.0 Å². The van der Waals surface area contributed by atoms with E-state index in [0.29, 0.717) is 17.8 Å². The number of nitrogens with zero attached hydrogens (tertiary/aromatic N) is 3. The monoisotopic (exact) mass is 407 g/mol. The van der Waals surface area contributed by atoms with E-state index in [0.717, 1.165) is 17.7 Å². The van der Waals surface area contributed by atoms with Gasteiger partial charge in [-0.25, -0.2) is 4.68 Å². The molecular formula is C23H16F3N3O. The molecule has 0 saturated carbocycles. The molecule has 0 spiro atoms. The molecule has 30 heavy (non-hydrogen) atoms. The Morgan fingerprint density at radius 2 is 1.43 bits per heavy atom. The Labute approximate surface area is 170 Å². The van der Waals surface area contributed by atoms with Crippen LogP contribution in [-0.2, 0) is 12.7 Å². The van der Waals surface area contributed by atoms with Crippen LogP contribution in [0.2, 0.25) is 0 Å². The van der Waals surface area contributed by atoms with Gasteiger partial charge in [-0.15, -0.1) is 5.10 Å². The number of hydrogen-bond acceptors (Lipinski definition) is 3. The average molecular weight is 407 g/mol. The van der Waals surface area contributed by atoms with Gasteiger partial charge in [0.05, 0.1) is 12.1 Å². The Morgan fingerprint density at radius 3 is 2.03 bits per heavy atom. The van der Waals surface area contributed by atoms with Crippen LogP contribution in [0.25, 0.3) is 11.3 Å². The summed E-state index contributed by atoms with van der Waals surface area (Å²) >= 11 is 0. The summed E-state index contributed by atoms with van der Waals surface area (Å²) in [6.07, 6.45) is -4.46. The van der Waals surface area contributed by atoms with E-state index in [1.54, 1.807) is 12.1 Å². The molecule has 0 fully saturated rings. The lowest BCUT2D eigenvalue weighted by Gasteiger charge is -2.10. The Kier molecular flexibility index (Phi) is 5.18. The van der Waals surface area contributed by atoms with Gasteiger partial charge in [0, 0.05) is 11.1 Å². The molecular weight excluding hydrogens is 391 g/mol. The third kappa shape index (κ3) is 4.00. The first kappa shape index (κ1) is 19.6. The zero-order valence-electron chi connectivity index (χ0n) is 15.7. The fourth-order valence-electron chi connectivity index (χ4n) is 3.14. The minimum Gasteiger partial charge on any atom is -0.287 e. The third-order valence-corrected chi connectivity index (χ3v) is 4.65. The van der Waals surface area contributed by atoms with Crippen LogP contribution < -0.4 is 0 Å². The second-order valence-corrected chi connectivity index (χ2v) is 6.70. The van der Waals surface area contributed by atoms with Gasteiger partial charge in [0.2, 0.25) is 5.78 Å². The van der Waals surface area contributed by atoms with Gasteiger partial charge in [0.25, 0.3) is 0 Å². The van der Waals surface area contributed by atoms with Crippen molar-refractivity contribution in [3.05, 3.63) is 107 Å². The van der Waals surface area contributed by atoms with E-state index in [1.807, 2.05) is 48.5 Å². The zero-order valence-corrected chi connectivity index (χ0v) is 15.7. The number of carbonyl (C=O) groups is 1. The molecule has 150 valence electrons. The summed E-state index contributed by atoms with van der Waals surface area (Å²) in [6, 6.07) is 22.7. The Morgan fingerprint density at radius 1 is 0.833 bits per heavy atom. The van der Waals surface area contributed by atoms with Crippen LogP contribution in [-0.4, -0.2) is 20.8 Å². The van der Waals surface area contributed by atoms with Crippen LogP contribution in [0.5, 0.6) is 0 Å². The van der Waals surface area contributed by atoms with Gasteiger partial charge >= 0.3 is 6.18 Å². The lowest BCUT2D eigenvalue weighted by molar-refractivity contribution is -0.137. The molecule has 0 aliphatic rings. The predicted octanol–water partition coefficient (Wildman–Crippen LogP) is 5.24. The van der Waals surface area contributed by atoms with Crippen molar-refractivity contribution in [1.29, 1.82) is 0 Å². The molecule has 1 aromatic heterocycles. The van der Waals surface area contributed by atoms with Crippen molar-refractivity contribution >= 4 is 5.78 Å². The maximum Gasteiger partial charge on any atom is 0.416 e. The molecule has 0 N–H and O–H groups in total. The molecule has 0 bridgehead atoms. The molecule has 4 rings (SSSR count). The highest BCUT2D eigenvalue weighted by Gasteiger charge is 2.31. The van der Waals surface area contributed by atoms with Crippen LogP contribution in [0.4, 0.5) is 13.2 Å². The molecule has 4 nitrogen and oxygen atoms in total. The topological polar surface area (TPSA) is 47.8 Å². The first-order valence-corrected chi connectivity index (χ1v) is 9.18. The van der Waals surface area contributed by atoms with Gasteiger partial charge in [-0.2, -0.15) is 13.2 Å². The van der Waals surface area contributed by atoms with Crippen LogP contribution in [0.1, 0.15) is 27.2 Å². The quantitative estimate of drug-likeness (QED) is 0.425. The summed E-state index contributed by atoms with van der Waals surface area (Å²) in [7, 11) is 0. The van der Waals surface area contributed by atoms with E-state index < -0.39 is 17.5 Å². The number of benzene rings is 3. The first-order valence-electron chi connectivity index (χ1n) is 9.18. The third-order valence-electron chi connectivity index (χ3n) is 4.65. The molecule has 0 aliphatic heterocycles. The standard InChI is InChI=1S/C23H16F3N3O/c24-23(25,26)19-13-11-18(12-14-19)22(30)21-20(17-9-5-2-6-10-17)27-28-29(21)15-16-7-3-1-4-8-16/h1-14H,15H2. The lowest BCUT2D eigenvalue weighted by atomic mass is 10.0. The van der Waals surface area contributed by atoms with Crippen LogP contribution in [0.15, 0.2) is 84.9 Å². The van der Waals surface area contributed by atoms with Gasteiger partial charge in [0.15, 0.2) is 0 Å². The van der Waals surface area contributed by atoms with E-state index in [-0.39, 0.29) is 11.3 Å². The summed E-state index contributed by atoms with van der Waals surface area (Å²) < 4.78 is 40.1. The van der Waals surface area contributed by atoms with Gasteiger partial charge in [-0.05, 0) is 17.7 Å². The minimum absolute atomic E-state index is 0.136. The van der Waals surface area contributed by atoms with Crippen molar-refractivity contribution in [3.63, 3.8) is 0 Å². The SMILES string of the molecule is O=C(c1ccc(C(F)(F)F)cc1)c1c(-c2ccccc2)nnn1Cc1ccccc1. The first-order chi connectivity index (χ1) is 14.4. The van der Waals surface area contributed by atoms with E-state index in [2.05, 4.69) is 10.3 Å². The molecule has 4 aromatic rings. The fraction of sp³-hybridized carbons (Fsp3) is 0.0870. The normalized spacial score (nSPS) is 11.4. The van der Waals surface area contributed by atoms with E-state index in [9.17, 15) is 18.0 Å².